The van der Waals surface area contributed by atoms with Gasteiger partial charge in [0.15, 0.2) is 0 Å². The largest absolute Gasteiger partial charge is 0.469 e. The van der Waals surface area contributed by atoms with Gasteiger partial charge in [0.05, 0.1) is 6.26 Å². The lowest BCUT2D eigenvalue weighted by molar-refractivity contribution is 0.271. The van der Waals surface area contributed by atoms with Gasteiger partial charge in [-0.15, -0.1) is 0 Å². The van der Waals surface area contributed by atoms with Crippen molar-refractivity contribution in [3.05, 3.63) is 23.7 Å². The Bertz CT molecular complexity index is 298. The summed E-state index contributed by atoms with van der Waals surface area (Å²) in [5, 5.41) is 0. The Hall–Kier alpha value is -0.410. The van der Waals surface area contributed by atoms with Crippen LogP contribution < -0.4 is 0 Å². The minimum absolute atomic E-state index is 0.700. The second kappa shape index (κ2) is 7.02. The summed E-state index contributed by atoms with van der Waals surface area (Å²) < 4.78 is 5.30. The number of aryl methyl sites for hydroxylation is 1. The maximum absolute atomic E-state index is 5.30. The normalized spacial score (nSPS) is 13.3. The molecular weight excluding hydrogens is 218 g/mol. The number of thiol groups is 1. The number of nitrogens with zero attached hydrogens (tertiary/aromatic N) is 1. The Morgan fingerprint density at radius 3 is 2.75 bits per heavy atom. The van der Waals surface area contributed by atoms with Crippen LogP contribution in [0.2, 0.25) is 0 Å². The van der Waals surface area contributed by atoms with Crippen molar-refractivity contribution in [3.8, 4) is 0 Å². The Kier molecular flexibility index (Phi) is 5.99. The molecule has 0 aliphatic carbocycles. The molecule has 0 saturated carbocycles. The van der Waals surface area contributed by atoms with Crippen molar-refractivity contribution in [2.24, 2.45) is 5.92 Å². The highest BCUT2D eigenvalue weighted by atomic mass is 32.1. The molecule has 0 bridgehead atoms. The van der Waals surface area contributed by atoms with E-state index in [1.54, 1.807) is 6.26 Å². The average molecular weight is 241 g/mol. The molecule has 0 amide bonds. The standard InChI is InChI=1S/C13H23NOS/c1-4-5-12(10-16)8-14(3)9-13-6-7-15-11(13)2/h6-7,12,16H,4-5,8-10H2,1-3H3. The number of rotatable bonds is 7. The van der Waals surface area contributed by atoms with Crippen molar-refractivity contribution in [1.29, 1.82) is 0 Å². The van der Waals surface area contributed by atoms with E-state index in [9.17, 15) is 0 Å². The average Bonchev–Trinajstić information content (AvgIpc) is 2.64. The SMILES string of the molecule is CCCC(CS)CN(C)Cc1ccoc1C. The van der Waals surface area contributed by atoms with Crippen LogP contribution in [-0.4, -0.2) is 24.2 Å². The van der Waals surface area contributed by atoms with Crippen molar-refractivity contribution in [2.45, 2.75) is 33.2 Å². The first kappa shape index (κ1) is 13.7. The zero-order valence-corrected chi connectivity index (χ0v) is 11.5. The van der Waals surface area contributed by atoms with Gasteiger partial charge in [-0.3, -0.25) is 0 Å². The van der Waals surface area contributed by atoms with Crippen LogP contribution in [0.5, 0.6) is 0 Å². The van der Waals surface area contributed by atoms with Crippen LogP contribution in [0.4, 0.5) is 0 Å². The maximum Gasteiger partial charge on any atom is 0.105 e. The molecule has 1 aromatic heterocycles. The van der Waals surface area contributed by atoms with Crippen molar-refractivity contribution < 1.29 is 4.42 Å². The lowest BCUT2D eigenvalue weighted by Gasteiger charge is -2.22. The summed E-state index contributed by atoms with van der Waals surface area (Å²) in [7, 11) is 2.17. The molecule has 0 N–H and O–H groups in total. The number of hydrogen-bond acceptors (Lipinski definition) is 3. The monoisotopic (exact) mass is 241 g/mol. The fourth-order valence-electron chi connectivity index (χ4n) is 2.02. The Morgan fingerprint density at radius 2 is 2.25 bits per heavy atom. The fourth-order valence-corrected chi connectivity index (χ4v) is 2.32. The maximum atomic E-state index is 5.30. The third-order valence-electron chi connectivity index (χ3n) is 2.93. The van der Waals surface area contributed by atoms with Gasteiger partial charge in [-0.05, 0) is 38.1 Å². The fraction of sp³-hybridized carbons (Fsp3) is 0.692. The summed E-state index contributed by atoms with van der Waals surface area (Å²) in [6, 6.07) is 2.06. The van der Waals surface area contributed by atoms with Gasteiger partial charge in [-0.25, -0.2) is 0 Å². The zero-order valence-electron chi connectivity index (χ0n) is 10.6. The molecule has 2 nitrogen and oxygen atoms in total. The van der Waals surface area contributed by atoms with Crippen molar-refractivity contribution in [1.82, 2.24) is 4.90 Å². The molecular formula is C13H23NOS. The Labute approximate surface area is 104 Å². The lowest BCUT2D eigenvalue weighted by Crippen LogP contribution is -2.26. The molecule has 92 valence electrons. The van der Waals surface area contributed by atoms with Crippen LogP contribution in [0, 0.1) is 12.8 Å². The van der Waals surface area contributed by atoms with Crippen LogP contribution in [-0.2, 0) is 6.54 Å². The van der Waals surface area contributed by atoms with E-state index in [1.807, 2.05) is 6.92 Å². The molecule has 0 spiro atoms. The number of hydrogen-bond donors (Lipinski definition) is 1. The molecule has 1 atom stereocenters. The highest BCUT2D eigenvalue weighted by molar-refractivity contribution is 7.80. The van der Waals surface area contributed by atoms with Crippen molar-refractivity contribution in [3.63, 3.8) is 0 Å². The Morgan fingerprint density at radius 1 is 1.50 bits per heavy atom. The lowest BCUT2D eigenvalue weighted by atomic mass is 10.1. The van der Waals surface area contributed by atoms with E-state index in [1.165, 1.54) is 18.4 Å². The topological polar surface area (TPSA) is 16.4 Å². The molecule has 3 heteroatoms. The van der Waals surface area contributed by atoms with E-state index < -0.39 is 0 Å². The molecule has 0 aliphatic heterocycles. The zero-order chi connectivity index (χ0) is 12.0. The van der Waals surface area contributed by atoms with Gasteiger partial charge in [0.1, 0.15) is 5.76 Å². The molecule has 16 heavy (non-hydrogen) atoms. The van der Waals surface area contributed by atoms with Gasteiger partial charge in [-0.2, -0.15) is 12.6 Å². The first-order valence-electron chi connectivity index (χ1n) is 5.99. The summed E-state index contributed by atoms with van der Waals surface area (Å²) in [5.74, 6) is 2.71. The van der Waals surface area contributed by atoms with Gasteiger partial charge in [0, 0.05) is 18.7 Å². The van der Waals surface area contributed by atoms with Gasteiger partial charge in [0.25, 0.3) is 0 Å². The number of furan rings is 1. The third kappa shape index (κ3) is 4.22. The molecule has 1 rings (SSSR count). The van der Waals surface area contributed by atoms with E-state index in [2.05, 4.69) is 37.6 Å². The van der Waals surface area contributed by atoms with E-state index in [-0.39, 0.29) is 0 Å². The second-order valence-electron chi connectivity index (χ2n) is 4.54. The molecule has 0 aliphatic rings. The molecule has 1 aromatic rings. The molecule has 0 aromatic carbocycles. The first-order chi connectivity index (χ1) is 7.67. The molecule has 0 saturated heterocycles. The second-order valence-corrected chi connectivity index (χ2v) is 4.90. The summed E-state index contributed by atoms with van der Waals surface area (Å²) in [5.41, 5.74) is 1.29. The van der Waals surface area contributed by atoms with E-state index in [0.717, 1.165) is 24.6 Å². The van der Waals surface area contributed by atoms with E-state index in [0.29, 0.717) is 5.92 Å². The summed E-state index contributed by atoms with van der Waals surface area (Å²) in [6.45, 7) is 6.33. The predicted molar refractivity (Wildman–Crippen MR) is 72.0 cm³/mol. The Balaban J connectivity index is 2.40. The van der Waals surface area contributed by atoms with E-state index in [4.69, 9.17) is 4.42 Å². The third-order valence-corrected chi connectivity index (χ3v) is 3.45. The van der Waals surface area contributed by atoms with Crippen LogP contribution >= 0.6 is 12.6 Å². The molecule has 0 fully saturated rings. The van der Waals surface area contributed by atoms with Gasteiger partial charge >= 0.3 is 0 Å². The minimum Gasteiger partial charge on any atom is -0.469 e. The van der Waals surface area contributed by atoms with Gasteiger partial charge < -0.3 is 9.32 Å². The van der Waals surface area contributed by atoms with Crippen molar-refractivity contribution in [2.75, 3.05) is 19.3 Å². The van der Waals surface area contributed by atoms with Crippen LogP contribution in [0.3, 0.4) is 0 Å². The van der Waals surface area contributed by atoms with Gasteiger partial charge in [0.2, 0.25) is 0 Å². The van der Waals surface area contributed by atoms with E-state index >= 15 is 0 Å². The molecule has 1 heterocycles. The predicted octanol–water partition coefficient (Wildman–Crippen LogP) is 3.37. The molecule has 0 radical (unpaired) electrons. The first-order valence-corrected chi connectivity index (χ1v) is 6.63. The minimum atomic E-state index is 0.700. The van der Waals surface area contributed by atoms with Gasteiger partial charge in [-0.1, -0.05) is 13.3 Å². The highest BCUT2D eigenvalue weighted by Gasteiger charge is 2.11. The van der Waals surface area contributed by atoms with Crippen LogP contribution in [0.1, 0.15) is 31.1 Å². The quantitative estimate of drug-likeness (QED) is 0.737. The van der Waals surface area contributed by atoms with Crippen LogP contribution in [0.25, 0.3) is 0 Å². The summed E-state index contributed by atoms with van der Waals surface area (Å²) in [6.07, 6.45) is 4.27. The summed E-state index contributed by atoms with van der Waals surface area (Å²) >= 11 is 4.41. The highest BCUT2D eigenvalue weighted by Crippen LogP contribution is 2.14. The van der Waals surface area contributed by atoms with Crippen LogP contribution in [0.15, 0.2) is 16.7 Å². The smallest absolute Gasteiger partial charge is 0.105 e. The summed E-state index contributed by atoms with van der Waals surface area (Å²) in [4.78, 5) is 2.36. The van der Waals surface area contributed by atoms with Crippen molar-refractivity contribution >= 4 is 12.6 Å². The molecule has 1 unspecified atom stereocenters.